The first-order valence-corrected chi connectivity index (χ1v) is 6.79. The number of aromatic amines is 1. The third kappa shape index (κ3) is 3.09. The standard InChI is InChI=1S/C15H9ClF2N2O3/c16-9-3-6-11-12(7-9)20-13(19-11)8-1-4-10(5-2-8)23-15(17,18)14(21)22/h1-7H,(H,19,20)(H,21,22). The van der Waals surface area contributed by atoms with Crippen molar-refractivity contribution in [3.8, 4) is 17.1 Å². The van der Waals surface area contributed by atoms with Crippen molar-refractivity contribution in [2.24, 2.45) is 0 Å². The molecule has 5 nitrogen and oxygen atoms in total. The van der Waals surface area contributed by atoms with Crippen molar-refractivity contribution in [2.45, 2.75) is 6.11 Å². The Bertz CT molecular complexity index is 878. The molecule has 1 aromatic heterocycles. The van der Waals surface area contributed by atoms with Gasteiger partial charge in [0.1, 0.15) is 11.6 Å². The number of hydrogen-bond acceptors (Lipinski definition) is 3. The second kappa shape index (κ2) is 5.51. The summed E-state index contributed by atoms with van der Waals surface area (Å²) < 4.78 is 30.1. The second-order valence-electron chi connectivity index (χ2n) is 4.70. The van der Waals surface area contributed by atoms with Gasteiger partial charge in [-0.2, -0.15) is 8.78 Å². The number of imidazole rings is 1. The Labute approximate surface area is 133 Å². The molecule has 0 atom stereocenters. The number of aromatic nitrogens is 2. The van der Waals surface area contributed by atoms with Crippen LogP contribution in [-0.2, 0) is 4.79 Å². The summed E-state index contributed by atoms with van der Waals surface area (Å²) in [5, 5.41) is 8.90. The molecule has 23 heavy (non-hydrogen) atoms. The van der Waals surface area contributed by atoms with Gasteiger partial charge in [-0.05, 0) is 42.5 Å². The molecule has 2 aromatic carbocycles. The van der Waals surface area contributed by atoms with Gasteiger partial charge in [-0.25, -0.2) is 9.78 Å². The topological polar surface area (TPSA) is 75.2 Å². The van der Waals surface area contributed by atoms with Crippen LogP contribution in [0, 0.1) is 0 Å². The van der Waals surface area contributed by atoms with Crippen LogP contribution in [0.3, 0.4) is 0 Å². The smallest absolute Gasteiger partial charge is 0.474 e. The molecule has 3 rings (SSSR count). The predicted octanol–water partition coefficient (Wildman–Crippen LogP) is 3.94. The molecule has 1 heterocycles. The Morgan fingerprint density at radius 2 is 1.91 bits per heavy atom. The molecule has 8 heteroatoms. The summed E-state index contributed by atoms with van der Waals surface area (Å²) in [6, 6.07) is 10.7. The molecule has 0 bridgehead atoms. The molecule has 0 aliphatic heterocycles. The first-order valence-electron chi connectivity index (χ1n) is 6.41. The molecule has 0 unspecified atom stereocenters. The number of fused-ring (bicyclic) bond motifs is 1. The molecule has 3 aromatic rings. The van der Waals surface area contributed by atoms with E-state index < -0.39 is 12.1 Å². The van der Waals surface area contributed by atoms with Gasteiger partial charge < -0.3 is 14.8 Å². The molecule has 0 saturated heterocycles. The third-order valence-electron chi connectivity index (χ3n) is 3.07. The average Bonchev–Trinajstić information content (AvgIpc) is 2.90. The Morgan fingerprint density at radius 1 is 1.22 bits per heavy atom. The van der Waals surface area contributed by atoms with Gasteiger partial charge in [-0.15, -0.1) is 0 Å². The van der Waals surface area contributed by atoms with Gasteiger partial charge in [0.25, 0.3) is 0 Å². The Kier molecular flexibility index (Phi) is 3.65. The second-order valence-corrected chi connectivity index (χ2v) is 5.13. The lowest BCUT2D eigenvalue weighted by Crippen LogP contribution is -2.34. The van der Waals surface area contributed by atoms with E-state index in [2.05, 4.69) is 14.7 Å². The van der Waals surface area contributed by atoms with Crippen LogP contribution in [0.15, 0.2) is 42.5 Å². The number of ether oxygens (including phenoxy) is 1. The highest BCUT2D eigenvalue weighted by molar-refractivity contribution is 6.31. The Morgan fingerprint density at radius 3 is 2.57 bits per heavy atom. The van der Waals surface area contributed by atoms with Gasteiger partial charge >= 0.3 is 12.1 Å². The largest absolute Gasteiger partial charge is 0.501 e. The number of alkyl halides is 2. The van der Waals surface area contributed by atoms with Crippen LogP contribution < -0.4 is 4.74 Å². The number of nitrogens with zero attached hydrogens (tertiary/aromatic N) is 1. The lowest BCUT2D eigenvalue weighted by atomic mass is 10.2. The maximum absolute atomic E-state index is 13.0. The SMILES string of the molecule is O=C(O)C(F)(F)Oc1ccc(-c2nc3ccc(Cl)cc3[nH]2)cc1. The number of rotatable bonds is 4. The lowest BCUT2D eigenvalue weighted by Gasteiger charge is -2.13. The van der Waals surface area contributed by atoms with Crippen molar-refractivity contribution < 1.29 is 23.4 Å². The maximum Gasteiger partial charge on any atom is 0.501 e. The van der Waals surface area contributed by atoms with E-state index in [9.17, 15) is 13.6 Å². The molecule has 0 fully saturated rings. The molecule has 0 spiro atoms. The van der Waals surface area contributed by atoms with E-state index in [1.54, 1.807) is 18.2 Å². The minimum atomic E-state index is -4.28. The molecule has 0 amide bonds. The number of carbonyl (C=O) groups is 1. The normalized spacial score (nSPS) is 11.6. The van der Waals surface area contributed by atoms with Crippen molar-refractivity contribution in [1.82, 2.24) is 9.97 Å². The average molecular weight is 339 g/mol. The number of carboxylic acids is 1. The fraction of sp³-hybridized carbons (Fsp3) is 0.0667. The zero-order valence-corrected chi connectivity index (χ0v) is 12.1. The zero-order chi connectivity index (χ0) is 16.6. The number of nitrogens with one attached hydrogen (secondary N) is 1. The molecule has 0 saturated carbocycles. The summed E-state index contributed by atoms with van der Waals surface area (Å²) in [7, 11) is 0. The van der Waals surface area contributed by atoms with Crippen LogP contribution in [0.4, 0.5) is 8.78 Å². The van der Waals surface area contributed by atoms with Gasteiger partial charge in [0.15, 0.2) is 0 Å². The molecule has 0 radical (unpaired) electrons. The highest BCUT2D eigenvalue weighted by atomic mass is 35.5. The van der Waals surface area contributed by atoms with Crippen molar-refractivity contribution in [3.05, 3.63) is 47.5 Å². The maximum atomic E-state index is 13.0. The first kappa shape index (κ1) is 15.2. The molecular formula is C15H9ClF2N2O3. The number of hydrogen-bond donors (Lipinski definition) is 2. The monoisotopic (exact) mass is 338 g/mol. The van der Waals surface area contributed by atoms with Crippen LogP contribution >= 0.6 is 11.6 Å². The fourth-order valence-corrected chi connectivity index (χ4v) is 2.16. The van der Waals surface area contributed by atoms with E-state index in [0.717, 1.165) is 5.52 Å². The summed E-state index contributed by atoms with van der Waals surface area (Å²) in [5.41, 5.74) is 2.08. The minimum absolute atomic E-state index is 0.264. The number of benzene rings is 2. The van der Waals surface area contributed by atoms with Crippen LogP contribution in [0.5, 0.6) is 5.75 Å². The third-order valence-corrected chi connectivity index (χ3v) is 3.30. The van der Waals surface area contributed by atoms with E-state index in [4.69, 9.17) is 16.7 Å². The summed E-state index contributed by atoms with van der Waals surface area (Å²) in [6.45, 7) is 0. The van der Waals surface area contributed by atoms with E-state index in [-0.39, 0.29) is 5.75 Å². The van der Waals surface area contributed by atoms with Gasteiger partial charge in [0.2, 0.25) is 0 Å². The number of aliphatic carboxylic acids is 1. The van der Waals surface area contributed by atoms with Crippen LogP contribution in [0.25, 0.3) is 22.4 Å². The minimum Gasteiger partial charge on any atom is -0.474 e. The van der Waals surface area contributed by atoms with Gasteiger partial charge in [0.05, 0.1) is 11.0 Å². The number of halogens is 3. The van der Waals surface area contributed by atoms with E-state index in [0.29, 0.717) is 21.9 Å². The van der Waals surface area contributed by atoms with Crippen LogP contribution in [-0.4, -0.2) is 27.2 Å². The van der Waals surface area contributed by atoms with Crippen molar-refractivity contribution in [1.29, 1.82) is 0 Å². The lowest BCUT2D eigenvalue weighted by molar-refractivity contribution is -0.210. The van der Waals surface area contributed by atoms with Crippen molar-refractivity contribution in [3.63, 3.8) is 0 Å². The molecule has 118 valence electrons. The highest BCUT2D eigenvalue weighted by Gasteiger charge is 2.42. The first-order chi connectivity index (χ1) is 10.8. The summed E-state index contributed by atoms with van der Waals surface area (Å²) in [5.74, 6) is -2.09. The highest BCUT2D eigenvalue weighted by Crippen LogP contribution is 2.27. The van der Waals surface area contributed by atoms with E-state index in [1.165, 1.54) is 24.3 Å². The van der Waals surface area contributed by atoms with Crippen molar-refractivity contribution in [2.75, 3.05) is 0 Å². The van der Waals surface area contributed by atoms with Gasteiger partial charge in [-0.3, -0.25) is 0 Å². The molecular weight excluding hydrogens is 330 g/mol. The molecule has 2 N–H and O–H groups in total. The Hall–Kier alpha value is -2.67. The number of carboxylic acid groups (broad SMARTS) is 1. The summed E-state index contributed by atoms with van der Waals surface area (Å²) in [4.78, 5) is 17.8. The summed E-state index contributed by atoms with van der Waals surface area (Å²) in [6.07, 6.45) is -4.28. The summed E-state index contributed by atoms with van der Waals surface area (Å²) >= 11 is 5.90. The molecule has 0 aliphatic carbocycles. The molecule has 0 aliphatic rings. The number of H-pyrrole nitrogens is 1. The van der Waals surface area contributed by atoms with Crippen LogP contribution in [0.2, 0.25) is 5.02 Å². The predicted molar refractivity (Wildman–Crippen MR) is 79.8 cm³/mol. The van der Waals surface area contributed by atoms with Crippen molar-refractivity contribution >= 4 is 28.6 Å². The van der Waals surface area contributed by atoms with Crippen LogP contribution in [0.1, 0.15) is 0 Å². The zero-order valence-electron chi connectivity index (χ0n) is 11.4. The van der Waals surface area contributed by atoms with Gasteiger partial charge in [0, 0.05) is 10.6 Å². The Balaban J connectivity index is 1.87. The van der Waals surface area contributed by atoms with Gasteiger partial charge in [-0.1, -0.05) is 11.6 Å². The quantitative estimate of drug-likeness (QED) is 0.755. The fourth-order valence-electron chi connectivity index (χ4n) is 1.99. The van der Waals surface area contributed by atoms with E-state index in [1.807, 2.05) is 0 Å². The van der Waals surface area contributed by atoms with E-state index >= 15 is 0 Å².